The number of anilines is 3. The normalized spacial score (nSPS) is 14.3. The number of benzene rings is 2. The second-order valence-corrected chi connectivity index (χ2v) is 9.00. The fraction of sp³-hybridized carbons (Fsp3) is 0.370. The summed E-state index contributed by atoms with van der Waals surface area (Å²) in [5.74, 6) is 1.45. The first kappa shape index (κ1) is 25.4. The molecule has 190 valence electrons. The molecule has 0 atom stereocenters. The van der Waals surface area contributed by atoms with Crippen LogP contribution in [0.15, 0.2) is 48.8 Å². The van der Waals surface area contributed by atoms with E-state index < -0.39 is 0 Å². The lowest BCUT2D eigenvalue weighted by molar-refractivity contribution is 0.102. The van der Waals surface area contributed by atoms with Crippen LogP contribution in [-0.4, -0.2) is 79.2 Å². The number of nitrogens with one attached hydrogen (secondary N) is 2. The summed E-state index contributed by atoms with van der Waals surface area (Å²) in [5.41, 5.74) is 3.95. The smallest absolute Gasteiger partial charge is 0.258 e. The summed E-state index contributed by atoms with van der Waals surface area (Å²) in [5, 5.41) is 6.10. The second kappa shape index (κ2) is 11.8. The van der Waals surface area contributed by atoms with Gasteiger partial charge in [-0.1, -0.05) is 18.2 Å². The number of hydrogen-bond acceptors (Lipinski definition) is 8. The van der Waals surface area contributed by atoms with Crippen LogP contribution in [0.5, 0.6) is 11.5 Å². The minimum absolute atomic E-state index is 0.251. The molecule has 0 bridgehead atoms. The number of aryl methyl sites for hydroxylation is 2. The standard InChI is InChI=1S/C27H34N6O3/c1-19-6-5-7-20(2)25(19)31-26(34)21-17-28-27(29-18-21)30-22-8-9-23(24(16-22)35-4)36-15-14-33-12-10-32(3)11-13-33/h5-9,16-18H,10-15H2,1-4H3,(H,31,34)(H,28,29,30). The van der Waals surface area contributed by atoms with Gasteiger partial charge in [-0.15, -0.1) is 0 Å². The summed E-state index contributed by atoms with van der Waals surface area (Å²) in [6.07, 6.45) is 3.01. The van der Waals surface area contributed by atoms with E-state index in [1.807, 2.05) is 50.2 Å². The lowest BCUT2D eigenvalue weighted by Crippen LogP contribution is -2.45. The summed E-state index contributed by atoms with van der Waals surface area (Å²) in [4.78, 5) is 26.0. The van der Waals surface area contributed by atoms with E-state index in [9.17, 15) is 4.79 Å². The van der Waals surface area contributed by atoms with Crippen LogP contribution < -0.4 is 20.1 Å². The number of piperazine rings is 1. The van der Waals surface area contributed by atoms with Crippen LogP contribution >= 0.6 is 0 Å². The average molecular weight is 491 g/mol. The molecule has 0 saturated carbocycles. The maximum Gasteiger partial charge on any atom is 0.258 e. The molecule has 0 spiro atoms. The molecule has 9 nitrogen and oxygen atoms in total. The third-order valence-electron chi connectivity index (χ3n) is 6.31. The lowest BCUT2D eigenvalue weighted by atomic mass is 10.1. The molecule has 1 aliphatic rings. The average Bonchev–Trinajstić information content (AvgIpc) is 2.88. The molecule has 3 aromatic rings. The van der Waals surface area contributed by atoms with Crippen molar-refractivity contribution in [3.8, 4) is 11.5 Å². The van der Waals surface area contributed by atoms with Crippen molar-refractivity contribution in [3.05, 3.63) is 65.5 Å². The molecule has 1 aromatic heterocycles. The van der Waals surface area contributed by atoms with Crippen molar-refractivity contribution in [1.82, 2.24) is 19.8 Å². The third kappa shape index (κ3) is 6.50. The van der Waals surface area contributed by atoms with Crippen LogP contribution in [0, 0.1) is 13.8 Å². The number of aromatic nitrogens is 2. The molecule has 0 unspecified atom stereocenters. The Hall–Kier alpha value is -3.69. The molecule has 1 amide bonds. The lowest BCUT2D eigenvalue weighted by Gasteiger charge is -2.32. The van der Waals surface area contributed by atoms with Gasteiger partial charge in [0.15, 0.2) is 11.5 Å². The monoisotopic (exact) mass is 490 g/mol. The van der Waals surface area contributed by atoms with Gasteiger partial charge in [-0.05, 0) is 44.2 Å². The van der Waals surface area contributed by atoms with E-state index in [4.69, 9.17) is 9.47 Å². The Bertz CT molecular complexity index is 1160. The van der Waals surface area contributed by atoms with Gasteiger partial charge in [0.05, 0.1) is 12.7 Å². The summed E-state index contributed by atoms with van der Waals surface area (Å²) < 4.78 is 11.5. The minimum Gasteiger partial charge on any atom is -0.493 e. The Kier molecular flexibility index (Phi) is 8.35. The van der Waals surface area contributed by atoms with E-state index in [1.54, 1.807) is 7.11 Å². The van der Waals surface area contributed by atoms with Crippen molar-refractivity contribution in [2.45, 2.75) is 13.8 Å². The molecular weight excluding hydrogens is 456 g/mol. The largest absolute Gasteiger partial charge is 0.493 e. The number of carbonyl (C=O) groups excluding carboxylic acids is 1. The van der Waals surface area contributed by atoms with Crippen molar-refractivity contribution >= 4 is 23.2 Å². The number of likely N-dealkylation sites (N-methyl/N-ethyl adjacent to an activating group) is 1. The van der Waals surface area contributed by atoms with Crippen LogP contribution in [0.3, 0.4) is 0 Å². The number of nitrogens with zero attached hydrogens (tertiary/aromatic N) is 4. The Balaban J connectivity index is 1.33. The third-order valence-corrected chi connectivity index (χ3v) is 6.31. The maximum absolute atomic E-state index is 12.7. The van der Waals surface area contributed by atoms with Crippen LogP contribution in [0.2, 0.25) is 0 Å². The zero-order valence-corrected chi connectivity index (χ0v) is 21.4. The highest BCUT2D eigenvalue weighted by Crippen LogP contribution is 2.31. The highest BCUT2D eigenvalue weighted by atomic mass is 16.5. The fourth-order valence-electron chi connectivity index (χ4n) is 4.06. The van der Waals surface area contributed by atoms with Crippen LogP contribution in [0.4, 0.5) is 17.3 Å². The summed E-state index contributed by atoms with van der Waals surface area (Å²) in [7, 11) is 3.77. The predicted octanol–water partition coefficient (Wildman–Crippen LogP) is 3.72. The van der Waals surface area contributed by atoms with Crippen molar-refractivity contribution in [3.63, 3.8) is 0 Å². The SMILES string of the molecule is COc1cc(Nc2ncc(C(=O)Nc3c(C)cccc3C)cn2)ccc1OCCN1CCN(C)CC1. The second-order valence-electron chi connectivity index (χ2n) is 9.00. The van der Waals surface area contributed by atoms with Crippen LogP contribution in [0.25, 0.3) is 0 Å². The topological polar surface area (TPSA) is 91.8 Å². The van der Waals surface area contributed by atoms with Crippen LogP contribution in [-0.2, 0) is 0 Å². The summed E-state index contributed by atoms with van der Waals surface area (Å²) in [6, 6.07) is 11.5. The molecule has 1 saturated heterocycles. The van der Waals surface area contributed by atoms with E-state index in [1.165, 1.54) is 12.4 Å². The number of para-hydroxylation sites is 1. The Morgan fingerprint density at radius 3 is 2.36 bits per heavy atom. The molecule has 0 aliphatic carbocycles. The van der Waals surface area contributed by atoms with Gasteiger partial charge in [0.2, 0.25) is 5.95 Å². The number of ether oxygens (including phenoxy) is 2. The first-order valence-corrected chi connectivity index (χ1v) is 12.1. The first-order chi connectivity index (χ1) is 17.4. The van der Waals surface area contributed by atoms with E-state index in [-0.39, 0.29) is 5.91 Å². The Morgan fingerprint density at radius 1 is 1.00 bits per heavy atom. The Labute approximate surface area is 212 Å². The predicted molar refractivity (Wildman–Crippen MR) is 142 cm³/mol. The molecule has 1 aliphatic heterocycles. The first-order valence-electron chi connectivity index (χ1n) is 12.1. The zero-order chi connectivity index (χ0) is 25.5. The molecule has 2 heterocycles. The number of amides is 1. The molecule has 9 heteroatoms. The van der Waals surface area contributed by atoms with E-state index >= 15 is 0 Å². The number of carbonyl (C=O) groups is 1. The van der Waals surface area contributed by atoms with Gasteiger partial charge in [0, 0.05) is 62.6 Å². The molecule has 0 radical (unpaired) electrons. The van der Waals surface area contributed by atoms with E-state index in [0.29, 0.717) is 29.6 Å². The van der Waals surface area contributed by atoms with Gasteiger partial charge in [-0.3, -0.25) is 9.69 Å². The molecular formula is C27H34N6O3. The molecule has 1 fully saturated rings. The highest BCUT2D eigenvalue weighted by Gasteiger charge is 2.15. The Morgan fingerprint density at radius 2 is 1.69 bits per heavy atom. The van der Waals surface area contributed by atoms with Gasteiger partial charge in [-0.2, -0.15) is 0 Å². The summed E-state index contributed by atoms with van der Waals surface area (Å²) in [6.45, 7) is 9.70. The van der Waals surface area contributed by atoms with E-state index in [0.717, 1.165) is 55.2 Å². The van der Waals surface area contributed by atoms with Gasteiger partial charge < -0.3 is 25.0 Å². The van der Waals surface area contributed by atoms with Crippen molar-refractivity contribution < 1.29 is 14.3 Å². The van der Waals surface area contributed by atoms with E-state index in [2.05, 4.69) is 37.4 Å². The number of methoxy groups -OCH3 is 1. The minimum atomic E-state index is -0.251. The molecule has 36 heavy (non-hydrogen) atoms. The highest BCUT2D eigenvalue weighted by molar-refractivity contribution is 6.04. The number of rotatable bonds is 9. The molecule has 4 rings (SSSR count). The summed E-state index contributed by atoms with van der Waals surface area (Å²) >= 11 is 0. The van der Waals surface area contributed by atoms with Gasteiger partial charge >= 0.3 is 0 Å². The number of hydrogen-bond donors (Lipinski definition) is 2. The maximum atomic E-state index is 12.7. The van der Waals surface area contributed by atoms with Gasteiger partial charge in [0.1, 0.15) is 6.61 Å². The van der Waals surface area contributed by atoms with Crippen LogP contribution in [0.1, 0.15) is 21.5 Å². The van der Waals surface area contributed by atoms with Gasteiger partial charge in [0.25, 0.3) is 5.91 Å². The van der Waals surface area contributed by atoms with Gasteiger partial charge in [-0.25, -0.2) is 9.97 Å². The molecule has 2 N–H and O–H groups in total. The van der Waals surface area contributed by atoms with Crippen molar-refractivity contribution in [2.75, 3.05) is 64.1 Å². The fourth-order valence-corrected chi connectivity index (χ4v) is 4.06. The zero-order valence-electron chi connectivity index (χ0n) is 21.4. The van der Waals surface area contributed by atoms with Crippen molar-refractivity contribution in [2.24, 2.45) is 0 Å². The quantitative estimate of drug-likeness (QED) is 0.469. The van der Waals surface area contributed by atoms with Crippen molar-refractivity contribution in [1.29, 1.82) is 0 Å². The molecule has 2 aromatic carbocycles.